The molecule has 0 atom stereocenters. The third-order valence-electron chi connectivity index (χ3n) is 4.59. The Hall–Kier alpha value is -2.39. The second kappa shape index (κ2) is 4.56. The molecule has 0 fully saturated rings. The maximum atomic E-state index is 12.3. The van der Waals surface area contributed by atoms with Gasteiger partial charge in [0.2, 0.25) is 0 Å². The molecule has 1 aromatic heterocycles. The highest BCUT2D eigenvalue weighted by Gasteiger charge is 2.21. The maximum absolute atomic E-state index is 12.3. The van der Waals surface area contributed by atoms with Crippen LogP contribution in [0.2, 0.25) is 0 Å². The lowest BCUT2D eigenvalue weighted by molar-refractivity contribution is 0.569. The van der Waals surface area contributed by atoms with Crippen molar-refractivity contribution in [3.05, 3.63) is 80.6 Å². The standard InChI is InChI=1S/C20H11BrO2/c21-13-6-5-11-7-12-8-18-17(10-16(12)15(11)9-13)14-3-1-2-4-19(14)23-20(18)22/h1-6,8-10H,7H2. The molecule has 0 amide bonds. The summed E-state index contributed by atoms with van der Waals surface area (Å²) < 4.78 is 6.54. The van der Waals surface area contributed by atoms with Crippen molar-refractivity contribution >= 4 is 37.7 Å². The van der Waals surface area contributed by atoms with Gasteiger partial charge in [-0.1, -0.05) is 40.2 Å². The third-order valence-corrected chi connectivity index (χ3v) is 5.08. The van der Waals surface area contributed by atoms with E-state index in [0.29, 0.717) is 11.0 Å². The molecule has 0 bridgehead atoms. The summed E-state index contributed by atoms with van der Waals surface area (Å²) in [5.74, 6) is 0. The van der Waals surface area contributed by atoms with Crippen LogP contribution in [-0.2, 0) is 6.42 Å². The molecule has 0 spiro atoms. The van der Waals surface area contributed by atoms with Gasteiger partial charge in [-0.2, -0.15) is 0 Å². The quantitative estimate of drug-likeness (QED) is 0.277. The molecule has 5 rings (SSSR count). The van der Waals surface area contributed by atoms with Gasteiger partial charge in [0.15, 0.2) is 0 Å². The lowest BCUT2D eigenvalue weighted by Crippen LogP contribution is -2.00. The van der Waals surface area contributed by atoms with E-state index in [1.807, 2.05) is 30.3 Å². The number of benzene rings is 3. The predicted molar refractivity (Wildman–Crippen MR) is 95.9 cm³/mol. The first-order valence-electron chi connectivity index (χ1n) is 7.48. The summed E-state index contributed by atoms with van der Waals surface area (Å²) in [4.78, 5) is 12.3. The van der Waals surface area contributed by atoms with Crippen LogP contribution in [0.4, 0.5) is 0 Å². The number of fused-ring (bicyclic) bond motifs is 6. The summed E-state index contributed by atoms with van der Waals surface area (Å²) in [6, 6.07) is 18.2. The Balaban J connectivity index is 1.94. The van der Waals surface area contributed by atoms with Gasteiger partial charge in [-0.25, -0.2) is 4.79 Å². The fourth-order valence-corrected chi connectivity index (χ4v) is 3.89. The predicted octanol–water partition coefficient (Wildman–Crippen LogP) is 5.28. The van der Waals surface area contributed by atoms with Gasteiger partial charge in [-0.15, -0.1) is 0 Å². The van der Waals surface area contributed by atoms with Gasteiger partial charge >= 0.3 is 5.63 Å². The van der Waals surface area contributed by atoms with Gasteiger partial charge in [0, 0.05) is 15.2 Å². The normalized spacial score (nSPS) is 12.6. The minimum atomic E-state index is -0.265. The molecular weight excluding hydrogens is 352 g/mol. The van der Waals surface area contributed by atoms with E-state index in [2.05, 4.69) is 40.2 Å². The van der Waals surface area contributed by atoms with E-state index >= 15 is 0 Å². The average Bonchev–Trinajstić information content (AvgIpc) is 2.91. The molecule has 1 heterocycles. The zero-order chi connectivity index (χ0) is 15.6. The molecule has 1 aliphatic carbocycles. The Bertz CT molecular complexity index is 1170. The molecule has 0 aliphatic heterocycles. The summed E-state index contributed by atoms with van der Waals surface area (Å²) >= 11 is 3.55. The van der Waals surface area contributed by atoms with Crippen molar-refractivity contribution in [2.45, 2.75) is 6.42 Å². The number of para-hydroxylation sites is 1. The zero-order valence-corrected chi connectivity index (χ0v) is 13.7. The molecule has 110 valence electrons. The highest BCUT2D eigenvalue weighted by Crippen LogP contribution is 2.40. The molecule has 3 aromatic carbocycles. The highest BCUT2D eigenvalue weighted by atomic mass is 79.9. The van der Waals surface area contributed by atoms with Crippen LogP contribution >= 0.6 is 15.9 Å². The van der Waals surface area contributed by atoms with E-state index in [1.165, 1.54) is 22.3 Å². The first-order valence-corrected chi connectivity index (χ1v) is 8.27. The Labute approximate surface area is 140 Å². The summed E-state index contributed by atoms with van der Waals surface area (Å²) in [7, 11) is 0. The van der Waals surface area contributed by atoms with Crippen LogP contribution in [0.5, 0.6) is 0 Å². The van der Waals surface area contributed by atoms with Crippen molar-refractivity contribution in [2.75, 3.05) is 0 Å². The topological polar surface area (TPSA) is 30.2 Å². The number of hydrogen-bond acceptors (Lipinski definition) is 2. The van der Waals surface area contributed by atoms with Crippen molar-refractivity contribution in [3.63, 3.8) is 0 Å². The SMILES string of the molecule is O=c1oc2ccccc2c2cc3c(cc12)Cc1ccc(Br)cc1-3. The molecule has 0 saturated heterocycles. The van der Waals surface area contributed by atoms with Gasteiger partial charge in [0.25, 0.3) is 0 Å². The van der Waals surface area contributed by atoms with Crippen LogP contribution in [0.1, 0.15) is 11.1 Å². The van der Waals surface area contributed by atoms with E-state index < -0.39 is 0 Å². The van der Waals surface area contributed by atoms with Gasteiger partial charge < -0.3 is 4.42 Å². The molecule has 1 aliphatic rings. The van der Waals surface area contributed by atoms with Crippen molar-refractivity contribution in [1.82, 2.24) is 0 Å². The van der Waals surface area contributed by atoms with Crippen molar-refractivity contribution < 1.29 is 4.42 Å². The molecule has 3 heteroatoms. The van der Waals surface area contributed by atoms with Crippen LogP contribution in [0, 0.1) is 0 Å². The zero-order valence-electron chi connectivity index (χ0n) is 12.1. The van der Waals surface area contributed by atoms with E-state index in [9.17, 15) is 4.79 Å². The Morgan fingerprint density at radius 3 is 2.57 bits per heavy atom. The number of hydrogen-bond donors (Lipinski definition) is 0. The van der Waals surface area contributed by atoms with Crippen LogP contribution in [0.25, 0.3) is 32.9 Å². The van der Waals surface area contributed by atoms with E-state index in [4.69, 9.17) is 4.42 Å². The molecule has 23 heavy (non-hydrogen) atoms. The average molecular weight is 363 g/mol. The molecule has 0 unspecified atom stereocenters. The fraction of sp³-hybridized carbons (Fsp3) is 0.0500. The summed E-state index contributed by atoms with van der Waals surface area (Å²) in [5, 5.41) is 2.60. The maximum Gasteiger partial charge on any atom is 0.344 e. The van der Waals surface area contributed by atoms with Crippen molar-refractivity contribution in [1.29, 1.82) is 0 Å². The second-order valence-corrected chi connectivity index (χ2v) is 6.83. The van der Waals surface area contributed by atoms with Crippen molar-refractivity contribution in [3.8, 4) is 11.1 Å². The third kappa shape index (κ3) is 1.83. The lowest BCUT2D eigenvalue weighted by atomic mass is 9.99. The molecule has 0 radical (unpaired) electrons. The van der Waals surface area contributed by atoms with Gasteiger partial charge in [0.05, 0.1) is 5.39 Å². The monoisotopic (exact) mass is 362 g/mol. The molecular formula is C20H11BrO2. The summed E-state index contributed by atoms with van der Waals surface area (Å²) in [6.45, 7) is 0. The van der Waals surface area contributed by atoms with Crippen LogP contribution in [0.3, 0.4) is 0 Å². The van der Waals surface area contributed by atoms with Gasteiger partial charge in [-0.3, -0.25) is 0 Å². The van der Waals surface area contributed by atoms with Gasteiger partial charge in [0.1, 0.15) is 5.58 Å². The Morgan fingerprint density at radius 1 is 0.826 bits per heavy atom. The summed E-state index contributed by atoms with van der Waals surface area (Å²) in [6.07, 6.45) is 0.861. The smallest absolute Gasteiger partial charge is 0.344 e. The Kier molecular flexibility index (Phi) is 2.59. The molecule has 0 N–H and O–H groups in total. The second-order valence-electron chi connectivity index (χ2n) is 5.92. The van der Waals surface area contributed by atoms with Crippen LogP contribution in [0.15, 0.2) is 68.3 Å². The van der Waals surface area contributed by atoms with E-state index in [1.54, 1.807) is 0 Å². The summed E-state index contributed by atoms with van der Waals surface area (Å²) in [5.41, 5.74) is 5.31. The Morgan fingerprint density at radius 2 is 1.65 bits per heavy atom. The lowest BCUT2D eigenvalue weighted by Gasteiger charge is -2.06. The molecule has 4 aromatic rings. The number of halogens is 1. The van der Waals surface area contributed by atoms with E-state index in [0.717, 1.165) is 21.7 Å². The highest BCUT2D eigenvalue weighted by molar-refractivity contribution is 9.10. The van der Waals surface area contributed by atoms with Crippen LogP contribution < -0.4 is 5.63 Å². The molecule has 0 saturated carbocycles. The van der Waals surface area contributed by atoms with Crippen LogP contribution in [-0.4, -0.2) is 0 Å². The molecule has 2 nitrogen and oxygen atoms in total. The van der Waals surface area contributed by atoms with E-state index in [-0.39, 0.29) is 5.63 Å². The first kappa shape index (κ1) is 13.1. The van der Waals surface area contributed by atoms with Gasteiger partial charge in [-0.05, 0) is 59.0 Å². The minimum absolute atomic E-state index is 0.265. The fourth-order valence-electron chi connectivity index (χ4n) is 3.52. The van der Waals surface area contributed by atoms with Crippen molar-refractivity contribution in [2.24, 2.45) is 0 Å². The largest absolute Gasteiger partial charge is 0.422 e. The first-order chi connectivity index (χ1) is 11.2. The number of rotatable bonds is 0. The minimum Gasteiger partial charge on any atom is -0.422 e.